The van der Waals surface area contributed by atoms with E-state index in [4.69, 9.17) is 4.74 Å². The van der Waals surface area contributed by atoms with Crippen molar-refractivity contribution in [3.63, 3.8) is 0 Å². The molecule has 0 unspecified atom stereocenters. The number of H-pyrrole nitrogens is 1. The standard InChI is InChI=1S/C19H17F3N4O3/c1-18(7-8-18)10-28-13-6-9-23-15(14(13)16-25-17(27)29-26-16)24-12-4-2-11(3-5-12)19(20,21)22/h2-6,9H,7-8,10H2,1H3,(H,23,24)(H,25,26,27). The minimum absolute atomic E-state index is 0.105. The molecule has 1 saturated carbocycles. The highest BCUT2D eigenvalue weighted by Crippen LogP contribution is 2.46. The van der Waals surface area contributed by atoms with E-state index in [1.807, 2.05) is 0 Å². The van der Waals surface area contributed by atoms with Crippen molar-refractivity contribution in [2.24, 2.45) is 5.41 Å². The minimum atomic E-state index is -4.42. The van der Waals surface area contributed by atoms with Crippen LogP contribution >= 0.6 is 0 Å². The van der Waals surface area contributed by atoms with E-state index < -0.39 is 17.5 Å². The molecule has 2 N–H and O–H groups in total. The Bertz CT molecular complexity index is 1070. The first-order valence-electron chi connectivity index (χ1n) is 8.86. The van der Waals surface area contributed by atoms with Crippen molar-refractivity contribution in [3.05, 3.63) is 52.6 Å². The van der Waals surface area contributed by atoms with Gasteiger partial charge in [0, 0.05) is 17.3 Å². The number of nitrogens with one attached hydrogen (secondary N) is 2. The first-order chi connectivity index (χ1) is 13.7. The van der Waals surface area contributed by atoms with Crippen molar-refractivity contribution >= 4 is 11.5 Å². The van der Waals surface area contributed by atoms with Crippen molar-refractivity contribution in [1.29, 1.82) is 0 Å². The molecular weight excluding hydrogens is 389 g/mol. The van der Waals surface area contributed by atoms with Crippen molar-refractivity contribution in [2.45, 2.75) is 25.9 Å². The number of benzene rings is 1. The van der Waals surface area contributed by atoms with E-state index in [-0.39, 0.29) is 17.1 Å². The van der Waals surface area contributed by atoms with Crippen molar-refractivity contribution in [3.8, 4) is 17.1 Å². The first-order valence-corrected chi connectivity index (χ1v) is 8.86. The van der Waals surface area contributed by atoms with E-state index in [9.17, 15) is 18.0 Å². The first kappa shape index (κ1) is 19.0. The lowest BCUT2D eigenvalue weighted by Crippen LogP contribution is -2.10. The van der Waals surface area contributed by atoms with Crippen molar-refractivity contribution in [1.82, 2.24) is 15.1 Å². The number of nitrogens with zero attached hydrogens (tertiary/aromatic N) is 2. The summed E-state index contributed by atoms with van der Waals surface area (Å²) in [6.45, 7) is 2.58. The molecule has 1 aromatic carbocycles. The maximum Gasteiger partial charge on any atom is 0.439 e. The van der Waals surface area contributed by atoms with Crippen LogP contribution in [0, 0.1) is 5.41 Å². The van der Waals surface area contributed by atoms with Gasteiger partial charge in [0.05, 0.1) is 12.2 Å². The number of aromatic nitrogens is 3. The normalized spacial score (nSPS) is 15.2. The minimum Gasteiger partial charge on any atom is -0.492 e. The van der Waals surface area contributed by atoms with Crippen LogP contribution in [0.4, 0.5) is 24.7 Å². The zero-order valence-electron chi connectivity index (χ0n) is 15.3. The molecule has 1 aliphatic carbocycles. The fourth-order valence-electron chi connectivity index (χ4n) is 2.71. The fraction of sp³-hybridized carbons (Fsp3) is 0.316. The van der Waals surface area contributed by atoms with Crippen molar-refractivity contribution < 1.29 is 22.4 Å². The van der Waals surface area contributed by atoms with Crippen LogP contribution in [0.2, 0.25) is 0 Å². The van der Waals surface area contributed by atoms with Crippen LogP contribution in [-0.4, -0.2) is 21.7 Å². The molecule has 4 rings (SSSR count). The Morgan fingerprint density at radius 2 is 1.97 bits per heavy atom. The lowest BCUT2D eigenvalue weighted by Gasteiger charge is -2.16. The second-order valence-electron chi connectivity index (χ2n) is 7.28. The second kappa shape index (κ2) is 6.94. The van der Waals surface area contributed by atoms with E-state index in [1.54, 1.807) is 6.07 Å². The zero-order valence-corrected chi connectivity index (χ0v) is 15.3. The van der Waals surface area contributed by atoms with Gasteiger partial charge in [-0.25, -0.2) is 9.78 Å². The number of aromatic amines is 1. The smallest absolute Gasteiger partial charge is 0.439 e. The van der Waals surface area contributed by atoms with E-state index in [0.29, 0.717) is 23.6 Å². The molecule has 7 nitrogen and oxygen atoms in total. The van der Waals surface area contributed by atoms with Crippen LogP contribution in [0.25, 0.3) is 11.4 Å². The van der Waals surface area contributed by atoms with Gasteiger partial charge in [0.2, 0.25) is 0 Å². The van der Waals surface area contributed by atoms with Crippen LogP contribution in [0.5, 0.6) is 5.75 Å². The Kier molecular flexibility index (Phi) is 4.56. The predicted octanol–water partition coefficient (Wildman–Crippen LogP) is 4.37. The fourth-order valence-corrected chi connectivity index (χ4v) is 2.71. The molecule has 2 aromatic heterocycles. The second-order valence-corrected chi connectivity index (χ2v) is 7.28. The maximum atomic E-state index is 12.8. The number of alkyl halides is 3. The van der Waals surface area contributed by atoms with Crippen molar-refractivity contribution in [2.75, 3.05) is 11.9 Å². The molecule has 0 radical (unpaired) electrons. The quantitative estimate of drug-likeness (QED) is 0.632. The number of hydrogen-bond acceptors (Lipinski definition) is 6. The Morgan fingerprint density at radius 1 is 1.24 bits per heavy atom. The largest absolute Gasteiger partial charge is 0.492 e. The molecule has 10 heteroatoms. The molecule has 0 spiro atoms. The van der Waals surface area contributed by atoms with Gasteiger partial charge in [-0.1, -0.05) is 12.1 Å². The van der Waals surface area contributed by atoms with Gasteiger partial charge in [0.1, 0.15) is 17.1 Å². The molecule has 152 valence electrons. The third-order valence-corrected chi connectivity index (χ3v) is 4.74. The summed E-state index contributed by atoms with van der Waals surface area (Å²) in [6.07, 6.45) is -0.802. The van der Waals surface area contributed by atoms with E-state index >= 15 is 0 Å². The molecule has 0 saturated heterocycles. The lowest BCUT2D eigenvalue weighted by atomic mass is 10.1. The highest BCUT2D eigenvalue weighted by atomic mass is 19.4. The molecule has 0 aliphatic heterocycles. The summed E-state index contributed by atoms with van der Waals surface area (Å²) in [4.78, 5) is 18.1. The lowest BCUT2D eigenvalue weighted by molar-refractivity contribution is -0.137. The third kappa shape index (κ3) is 4.25. The number of hydrogen-bond donors (Lipinski definition) is 2. The Labute approximate surface area is 162 Å². The molecule has 1 aliphatic rings. The number of anilines is 2. The van der Waals surface area contributed by atoms with E-state index in [1.165, 1.54) is 18.3 Å². The van der Waals surface area contributed by atoms with Gasteiger partial charge in [-0.3, -0.25) is 9.51 Å². The highest BCUT2D eigenvalue weighted by Gasteiger charge is 2.38. The molecule has 29 heavy (non-hydrogen) atoms. The predicted molar refractivity (Wildman–Crippen MR) is 97.9 cm³/mol. The summed E-state index contributed by atoms with van der Waals surface area (Å²) < 4.78 is 48.8. The molecule has 1 fully saturated rings. The van der Waals surface area contributed by atoms with Crippen LogP contribution in [-0.2, 0) is 6.18 Å². The number of ether oxygens (including phenoxy) is 1. The van der Waals surface area contributed by atoms with Crippen LogP contribution in [0.1, 0.15) is 25.3 Å². The monoisotopic (exact) mass is 406 g/mol. The van der Waals surface area contributed by atoms with Gasteiger partial charge >= 0.3 is 11.9 Å². The topological polar surface area (TPSA) is 93.0 Å². The van der Waals surface area contributed by atoms with Crippen LogP contribution < -0.4 is 15.8 Å². The summed E-state index contributed by atoms with van der Waals surface area (Å²) in [6, 6.07) is 6.14. The van der Waals surface area contributed by atoms with Gasteiger partial charge in [-0.05, 0) is 43.2 Å². The SMILES string of the molecule is CC1(COc2ccnc(Nc3ccc(C(F)(F)F)cc3)c2-c2noc(=O)[nH]2)CC1. The molecular formula is C19H17F3N4O3. The number of rotatable bonds is 6. The molecule has 0 atom stereocenters. The Morgan fingerprint density at radius 3 is 2.55 bits per heavy atom. The zero-order chi connectivity index (χ0) is 20.6. The summed E-state index contributed by atoms with van der Waals surface area (Å²) >= 11 is 0. The van der Waals surface area contributed by atoms with Gasteiger partial charge < -0.3 is 10.1 Å². The Hall–Kier alpha value is -3.30. The summed E-state index contributed by atoms with van der Waals surface area (Å²) in [5, 5.41) is 6.65. The van der Waals surface area contributed by atoms with E-state index in [0.717, 1.165) is 25.0 Å². The summed E-state index contributed by atoms with van der Waals surface area (Å²) in [7, 11) is 0. The number of pyridine rings is 1. The van der Waals surface area contributed by atoms with Gasteiger partial charge in [0.25, 0.3) is 0 Å². The molecule has 0 bridgehead atoms. The molecule has 2 heterocycles. The summed E-state index contributed by atoms with van der Waals surface area (Å²) in [5.41, 5.74) is 0.0805. The van der Waals surface area contributed by atoms with Crippen LogP contribution in [0.3, 0.4) is 0 Å². The average Bonchev–Trinajstić information content (AvgIpc) is 3.26. The third-order valence-electron chi connectivity index (χ3n) is 4.74. The highest BCUT2D eigenvalue weighted by molar-refractivity contribution is 5.79. The Balaban J connectivity index is 1.67. The molecule has 3 aromatic rings. The number of halogens is 3. The van der Waals surface area contributed by atoms with Crippen LogP contribution in [0.15, 0.2) is 45.8 Å². The summed E-state index contributed by atoms with van der Waals surface area (Å²) in [5.74, 6) is 0.0396. The van der Waals surface area contributed by atoms with Gasteiger partial charge in [-0.15, -0.1) is 0 Å². The van der Waals surface area contributed by atoms with Gasteiger partial charge in [0.15, 0.2) is 5.82 Å². The molecule has 0 amide bonds. The van der Waals surface area contributed by atoms with E-state index in [2.05, 4.69) is 31.9 Å². The van der Waals surface area contributed by atoms with Gasteiger partial charge in [-0.2, -0.15) is 13.2 Å². The maximum absolute atomic E-state index is 12.8. The average molecular weight is 406 g/mol.